The molecule has 0 radical (unpaired) electrons. The Kier molecular flexibility index (Phi) is 3.50. The molecule has 25 heavy (non-hydrogen) atoms. The Morgan fingerprint density at radius 1 is 1.04 bits per heavy atom. The highest BCUT2D eigenvalue weighted by atomic mass is 16.5. The number of fused-ring (bicyclic) bond motifs is 2. The van der Waals surface area contributed by atoms with Crippen LogP contribution in [0.4, 0.5) is 5.69 Å². The normalized spacial score (nSPS) is 13.4. The second-order valence-electron chi connectivity index (χ2n) is 5.46. The van der Waals surface area contributed by atoms with Crippen molar-refractivity contribution in [1.82, 2.24) is 15.0 Å². The number of hydrogen-bond acceptors (Lipinski definition) is 6. The molecule has 4 rings (SSSR count). The Morgan fingerprint density at radius 3 is 2.68 bits per heavy atom. The van der Waals surface area contributed by atoms with E-state index in [4.69, 9.17) is 4.74 Å². The van der Waals surface area contributed by atoms with Gasteiger partial charge in [0.25, 0.3) is 11.7 Å². The first-order valence-electron chi connectivity index (χ1n) is 7.54. The third-order valence-corrected chi connectivity index (χ3v) is 3.93. The van der Waals surface area contributed by atoms with Crippen LogP contribution in [0.2, 0.25) is 0 Å². The van der Waals surface area contributed by atoms with Crippen LogP contribution in [0.1, 0.15) is 10.4 Å². The monoisotopic (exact) mass is 336 g/mol. The van der Waals surface area contributed by atoms with Gasteiger partial charge in [0.1, 0.15) is 12.1 Å². The van der Waals surface area contributed by atoms with Crippen molar-refractivity contribution in [3.05, 3.63) is 54.1 Å². The quantitative estimate of drug-likeness (QED) is 0.524. The van der Waals surface area contributed by atoms with Crippen molar-refractivity contribution in [2.24, 2.45) is 0 Å². The Bertz CT molecular complexity index is 1010. The molecular formula is C17H12N4O4. The fourth-order valence-corrected chi connectivity index (χ4v) is 2.73. The lowest BCUT2D eigenvalue weighted by Crippen LogP contribution is -2.35. The fourth-order valence-electron chi connectivity index (χ4n) is 2.73. The van der Waals surface area contributed by atoms with E-state index in [0.717, 1.165) is 10.4 Å². The molecule has 1 amide bonds. The second kappa shape index (κ2) is 5.82. The summed E-state index contributed by atoms with van der Waals surface area (Å²) >= 11 is 0. The summed E-state index contributed by atoms with van der Waals surface area (Å²) in [5, 5.41) is 7.88. The number of hydrogen-bond donors (Lipinski definition) is 0. The van der Waals surface area contributed by atoms with E-state index < -0.39 is 17.7 Å². The van der Waals surface area contributed by atoms with E-state index in [0.29, 0.717) is 16.8 Å². The van der Waals surface area contributed by atoms with Gasteiger partial charge < -0.3 is 4.74 Å². The Labute approximate surface area is 141 Å². The number of esters is 1. The van der Waals surface area contributed by atoms with E-state index in [1.165, 1.54) is 4.68 Å². The lowest BCUT2D eigenvalue weighted by atomic mass is 10.1. The summed E-state index contributed by atoms with van der Waals surface area (Å²) in [6, 6.07) is 13.8. The van der Waals surface area contributed by atoms with E-state index in [-0.39, 0.29) is 13.3 Å². The summed E-state index contributed by atoms with van der Waals surface area (Å²) in [4.78, 5) is 37.2. The summed E-state index contributed by atoms with van der Waals surface area (Å²) in [5.74, 6) is -1.99. The van der Waals surface area contributed by atoms with Crippen molar-refractivity contribution >= 4 is 34.4 Å². The largest absolute Gasteiger partial charge is 0.441 e. The minimum atomic E-state index is -0.732. The number of ether oxygens (including phenoxy) is 1. The maximum Gasteiger partial charge on any atom is 0.327 e. The molecule has 124 valence electrons. The zero-order chi connectivity index (χ0) is 17.4. The summed E-state index contributed by atoms with van der Waals surface area (Å²) in [7, 11) is 0. The maximum atomic E-state index is 12.1. The molecular weight excluding hydrogens is 324 g/mol. The smallest absolute Gasteiger partial charge is 0.327 e. The lowest BCUT2D eigenvalue weighted by Gasteiger charge is -2.15. The first-order chi connectivity index (χ1) is 12.1. The number of amides is 1. The minimum absolute atomic E-state index is 0.128. The standard InChI is InChI=1S/C17H12N4O4/c22-15(25-10-21-14-8-4-2-6-12(14)18-19-21)9-20-13-7-3-1-5-11(13)16(23)17(20)24/h1-8H,9-10H2. The molecule has 2 aromatic carbocycles. The van der Waals surface area contributed by atoms with Gasteiger partial charge in [-0.3, -0.25) is 19.3 Å². The maximum absolute atomic E-state index is 12.1. The molecule has 0 unspecified atom stereocenters. The van der Waals surface area contributed by atoms with Gasteiger partial charge in [-0.05, 0) is 24.3 Å². The Morgan fingerprint density at radius 2 is 1.80 bits per heavy atom. The molecule has 0 fully saturated rings. The molecule has 8 heteroatoms. The van der Waals surface area contributed by atoms with Crippen LogP contribution in [0.25, 0.3) is 11.0 Å². The summed E-state index contributed by atoms with van der Waals surface area (Å²) in [6.07, 6.45) is 0. The summed E-state index contributed by atoms with van der Waals surface area (Å²) in [5.41, 5.74) is 2.13. The van der Waals surface area contributed by atoms with Crippen LogP contribution in [0.5, 0.6) is 0 Å². The predicted molar refractivity (Wildman–Crippen MR) is 86.7 cm³/mol. The second-order valence-corrected chi connectivity index (χ2v) is 5.46. The number of carbonyl (C=O) groups excluding carboxylic acids is 3. The number of rotatable bonds is 4. The topological polar surface area (TPSA) is 94.4 Å². The molecule has 0 saturated heterocycles. The van der Waals surface area contributed by atoms with Gasteiger partial charge in [-0.2, -0.15) is 0 Å². The van der Waals surface area contributed by atoms with Crippen LogP contribution < -0.4 is 4.90 Å². The number of ketones is 1. The van der Waals surface area contributed by atoms with Gasteiger partial charge in [-0.25, -0.2) is 4.68 Å². The molecule has 3 aromatic rings. The van der Waals surface area contributed by atoms with Crippen molar-refractivity contribution in [3.8, 4) is 0 Å². The zero-order valence-electron chi connectivity index (χ0n) is 13.0. The molecule has 0 aliphatic carbocycles. The van der Waals surface area contributed by atoms with Crippen LogP contribution in [-0.4, -0.2) is 39.2 Å². The molecule has 1 aliphatic heterocycles. The predicted octanol–water partition coefficient (Wildman–Crippen LogP) is 1.16. The molecule has 0 saturated carbocycles. The van der Waals surface area contributed by atoms with Gasteiger partial charge in [0.2, 0.25) is 0 Å². The van der Waals surface area contributed by atoms with Gasteiger partial charge in [0.05, 0.1) is 16.8 Å². The zero-order valence-corrected chi connectivity index (χ0v) is 13.0. The summed E-state index contributed by atoms with van der Waals surface area (Å²) in [6.45, 7) is -0.467. The van der Waals surface area contributed by atoms with Gasteiger partial charge >= 0.3 is 5.97 Å². The van der Waals surface area contributed by atoms with E-state index in [1.54, 1.807) is 30.3 Å². The van der Waals surface area contributed by atoms with Crippen molar-refractivity contribution < 1.29 is 19.1 Å². The van der Waals surface area contributed by atoms with E-state index in [9.17, 15) is 14.4 Å². The van der Waals surface area contributed by atoms with E-state index in [1.807, 2.05) is 18.2 Å². The summed E-state index contributed by atoms with van der Waals surface area (Å²) < 4.78 is 6.61. The van der Waals surface area contributed by atoms with Gasteiger partial charge in [0.15, 0.2) is 6.73 Å². The average molecular weight is 336 g/mol. The number of carbonyl (C=O) groups is 3. The highest BCUT2D eigenvalue weighted by Gasteiger charge is 2.36. The third kappa shape index (κ3) is 2.53. The Hall–Kier alpha value is -3.55. The van der Waals surface area contributed by atoms with Gasteiger partial charge in [-0.15, -0.1) is 5.10 Å². The molecule has 0 atom stereocenters. The van der Waals surface area contributed by atoms with Crippen LogP contribution in [0, 0.1) is 0 Å². The molecule has 0 spiro atoms. The number of para-hydroxylation sites is 2. The van der Waals surface area contributed by atoms with Crippen molar-refractivity contribution in [1.29, 1.82) is 0 Å². The first-order valence-corrected chi connectivity index (χ1v) is 7.54. The first kappa shape index (κ1) is 15.0. The number of nitrogens with zero attached hydrogens (tertiary/aromatic N) is 4. The third-order valence-electron chi connectivity index (χ3n) is 3.93. The lowest BCUT2D eigenvalue weighted by molar-refractivity contribution is -0.146. The Balaban J connectivity index is 1.46. The molecule has 0 N–H and O–H groups in total. The number of benzene rings is 2. The molecule has 8 nitrogen and oxygen atoms in total. The highest BCUT2D eigenvalue weighted by molar-refractivity contribution is 6.52. The molecule has 1 aromatic heterocycles. The van der Waals surface area contributed by atoms with Crippen LogP contribution in [-0.2, 0) is 21.1 Å². The molecule has 0 bridgehead atoms. The number of anilines is 1. The van der Waals surface area contributed by atoms with Crippen LogP contribution >= 0.6 is 0 Å². The number of Topliss-reactive ketones (excluding diaryl/α,β-unsaturated/α-hetero) is 1. The fraction of sp³-hybridized carbons (Fsp3) is 0.118. The van der Waals surface area contributed by atoms with Crippen molar-refractivity contribution in [3.63, 3.8) is 0 Å². The number of aromatic nitrogens is 3. The SMILES string of the molecule is O=C(CN1C(=O)C(=O)c2ccccc21)OCn1nnc2ccccc21. The van der Waals surface area contributed by atoms with Gasteiger partial charge in [0, 0.05) is 0 Å². The van der Waals surface area contributed by atoms with Gasteiger partial charge in [-0.1, -0.05) is 29.5 Å². The molecule has 1 aliphatic rings. The van der Waals surface area contributed by atoms with E-state index in [2.05, 4.69) is 10.3 Å². The highest BCUT2D eigenvalue weighted by Crippen LogP contribution is 2.28. The van der Waals surface area contributed by atoms with Crippen molar-refractivity contribution in [2.75, 3.05) is 11.4 Å². The molecule has 2 heterocycles. The van der Waals surface area contributed by atoms with E-state index >= 15 is 0 Å². The van der Waals surface area contributed by atoms with Crippen LogP contribution in [0.3, 0.4) is 0 Å². The van der Waals surface area contributed by atoms with Crippen molar-refractivity contribution in [2.45, 2.75) is 6.73 Å². The average Bonchev–Trinajstić information content (AvgIpc) is 3.15. The van der Waals surface area contributed by atoms with Crippen LogP contribution in [0.15, 0.2) is 48.5 Å². The minimum Gasteiger partial charge on any atom is -0.441 e.